The van der Waals surface area contributed by atoms with E-state index in [-0.39, 0.29) is 10.7 Å². The first-order valence-corrected chi connectivity index (χ1v) is 7.63. The average molecular weight is 393 g/mol. The zero-order valence-corrected chi connectivity index (χ0v) is 14.3. The lowest BCUT2D eigenvalue weighted by atomic mass is 9.94. The molecule has 108 valence electrons. The van der Waals surface area contributed by atoms with Crippen LogP contribution >= 0.6 is 69.6 Å². The number of nitrogen functional groups attached to an aromatic ring is 1. The monoisotopic (exact) mass is 390 g/mol. The Morgan fingerprint density at radius 3 is 2.20 bits per heavy atom. The van der Waals surface area contributed by atoms with E-state index in [1.807, 2.05) is 0 Å². The normalized spacial score (nSPS) is 21.9. The molecule has 1 aromatic carbocycles. The van der Waals surface area contributed by atoms with Crippen LogP contribution in [0.5, 0.6) is 0 Å². The van der Waals surface area contributed by atoms with Gasteiger partial charge in [-0.15, -0.1) is 11.6 Å². The van der Waals surface area contributed by atoms with Crippen LogP contribution in [0.4, 0.5) is 5.69 Å². The molecule has 0 bridgehead atoms. The van der Waals surface area contributed by atoms with Crippen molar-refractivity contribution in [3.05, 3.63) is 44.5 Å². The molecule has 0 radical (unpaired) electrons. The fraction of sp³-hybridized carbons (Fsp3) is 0.167. The lowest BCUT2D eigenvalue weighted by Crippen LogP contribution is -2.37. The Bertz CT molecular complexity index is 635. The highest BCUT2D eigenvalue weighted by Gasteiger charge is 2.43. The van der Waals surface area contributed by atoms with Crippen LogP contribution in [0.2, 0.25) is 10.0 Å². The zero-order valence-electron chi connectivity index (χ0n) is 9.73. The predicted octanol–water partition coefficient (Wildman–Crippen LogP) is 5.16. The molecule has 1 unspecified atom stereocenters. The Hall–Kier alpha value is 0.0400. The van der Waals surface area contributed by atoms with E-state index >= 15 is 0 Å². The molecule has 2 rings (SSSR count). The maximum Gasteiger partial charge on any atom is 0.178 e. The second-order valence-electron chi connectivity index (χ2n) is 4.20. The second kappa shape index (κ2) is 5.68. The standard InChI is InChI=1S/C12H8Cl6N2/c13-6-3-9(19)7(14)1-4(6)5-2-8(15)11(20)12(17,18)10(5)16/h1-3,10H,19-20H2. The molecule has 20 heavy (non-hydrogen) atoms. The van der Waals surface area contributed by atoms with Crippen LogP contribution in [0.15, 0.2) is 28.9 Å². The molecule has 0 spiro atoms. The summed E-state index contributed by atoms with van der Waals surface area (Å²) in [6.07, 6.45) is 1.56. The molecule has 2 nitrogen and oxygen atoms in total. The van der Waals surface area contributed by atoms with E-state index in [1.54, 1.807) is 12.1 Å². The van der Waals surface area contributed by atoms with Crippen LogP contribution in [0, 0.1) is 0 Å². The Balaban J connectivity index is 2.64. The smallest absolute Gasteiger partial charge is 0.178 e. The quantitative estimate of drug-likeness (QED) is 0.512. The number of hydrogen-bond acceptors (Lipinski definition) is 2. The van der Waals surface area contributed by atoms with E-state index in [4.69, 9.17) is 81.1 Å². The van der Waals surface area contributed by atoms with Crippen molar-refractivity contribution in [2.45, 2.75) is 9.71 Å². The van der Waals surface area contributed by atoms with Crippen molar-refractivity contribution in [3.63, 3.8) is 0 Å². The van der Waals surface area contributed by atoms with Gasteiger partial charge >= 0.3 is 0 Å². The first-order valence-electron chi connectivity index (χ1n) is 5.30. The van der Waals surface area contributed by atoms with Gasteiger partial charge in [0.15, 0.2) is 4.33 Å². The summed E-state index contributed by atoms with van der Waals surface area (Å²) < 4.78 is -1.54. The Morgan fingerprint density at radius 2 is 1.60 bits per heavy atom. The highest BCUT2D eigenvalue weighted by atomic mass is 35.5. The van der Waals surface area contributed by atoms with Gasteiger partial charge in [-0.05, 0) is 29.3 Å². The minimum Gasteiger partial charge on any atom is -0.398 e. The first-order chi connectivity index (χ1) is 9.16. The highest BCUT2D eigenvalue weighted by molar-refractivity contribution is 6.57. The molecule has 0 saturated carbocycles. The lowest BCUT2D eigenvalue weighted by Gasteiger charge is -2.32. The third kappa shape index (κ3) is 2.70. The number of alkyl halides is 3. The van der Waals surface area contributed by atoms with Crippen LogP contribution in [0.25, 0.3) is 5.57 Å². The number of benzene rings is 1. The van der Waals surface area contributed by atoms with Crippen molar-refractivity contribution in [1.29, 1.82) is 0 Å². The summed E-state index contributed by atoms with van der Waals surface area (Å²) in [5.41, 5.74) is 12.9. The van der Waals surface area contributed by atoms with Crippen molar-refractivity contribution in [2.24, 2.45) is 5.73 Å². The third-order valence-electron chi connectivity index (χ3n) is 2.89. The van der Waals surface area contributed by atoms with E-state index < -0.39 is 9.71 Å². The van der Waals surface area contributed by atoms with Crippen LogP contribution in [0.1, 0.15) is 5.56 Å². The molecule has 1 aliphatic rings. The van der Waals surface area contributed by atoms with Crippen molar-refractivity contribution >= 4 is 80.9 Å². The Morgan fingerprint density at radius 1 is 1.00 bits per heavy atom. The van der Waals surface area contributed by atoms with Gasteiger partial charge in [0, 0.05) is 0 Å². The van der Waals surface area contributed by atoms with Gasteiger partial charge in [0.05, 0.1) is 31.8 Å². The fourth-order valence-electron chi connectivity index (χ4n) is 1.78. The summed E-state index contributed by atoms with van der Waals surface area (Å²) in [6.45, 7) is 0. The highest BCUT2D eigenvalue weighted by Crippen LogP contribution is 2.48. The van der Waals surface area contributed by atoms with Gasteiger partial charge in [-0.25, -0.2) is 0 Å². The molecule has 0 heterocycles. The lowest BCUT2D eigenvalue weighted by molar-refractivity contribution is 0.894. The maximum absolute atomic E-state index is 6.30. The van der Waals surface area contributed by atoms with Crippen molar-refractivity contribution in [3.8, 4) is 0 Å². The molecule has 1 atom stereocenters. The van der Waals surface area contributed by atoms with Gasteiger partial charge in [-0.2, -0.15) is 0 Å². The molecular weight excluding hydrogens is 385 g/mol. The van der Waals surface area contributed by atoms with Crippen LogP contribution < -0.4 is 11.5 Å². The largest absolute Gasteiger partial charge is 0.398 e. The summed E-state index contributed by atoms with van der Waals surface area (Å²) in [6, 6.07) is 3.10. The van der Waals surface area contributed by atoms with Crippen LogP contribution in [-0.4, -0.2) is 9.71 Å². The van der Waals surface area contributed by atoms with E-state index in [9.17, 15) is 0 Å². The summed E-state index contributed by atoms with van der Waals surface area (Å²) in [7, 11) is 0. The fourth-order valence-corrected chi connectivity index (χ4v) is 3.32. The predicted molar refractivity (Wildman–Crippen MR) is 90.0 cm³/mol. The van der Waals surface area contributed by atoms with Gasteiger partial charge in [0.2, 0.25) is 0 Å². The molecule has 0 saturated heterocycles. The first kappa shape index (κ1) is 16.4. The number of rotatable bonds is 1. The van der Waals surface area contributed by atoms with Crippen molar-refractivity contribution in [1.82, 2.24) is 0 Å². The maximum atomic E-state index is 6.30. The SMILES string of the molecule is NC1=C(Cl)C=C(c2cc(Cl)c(N)cc2Cl)C(Cl)C1(Cl)Cl. The Kier molecular flexibility index (Phi) is 4.66. The van der Waals surface area contributed by atoms with Crippen molar-refractivity contribution in [2.75, 3.05) is 5.73 Å². The second-order valence-corrected chi connectivity index (χ2v) is 7.24. The minimum absolute atomic E-state index is 0.0870. The van der Waals surface area contributed by atoms with Gasteiger partial charge in [0.25, 0.3) is 0 Å². The molecule has 0 amide bonds. The van der Waals surface area contributed by atoms with Gasteiger partial charge in [-0.3, -0.25) is 0 Å². The average Bonchev–Trinajstić information content (AvgIpc) is 2.37. The molecule has 0 fully saturated rings. The number of anilines is 1. The van der Waals surface area contributed by atoms with Gasteiger partial charge in [-0.1, -0.05) is 58.0 Å². The van der Waals surface area contributed by atoms with Crippen LogP contribution in [-0.2, 0) is 0 Å². The Labute approximate surface area is 146 Å². The molecule has 1 aromatic rings. The number of allylic oxidation sites excluding steroid dienone is 4. The van der Waals surface area contributed by atoms with Gasteiger partial charge < -0.3 is 11.5 Å². The number of halogens is 6. The van der Waals surface area contributed by atoms with E-state index in [2.05, 4.69) is 0 Å². The molecular formula is C12H8Cl6N2. The molecule has 8 heteroatoms. The molecule has 1 aliphatic carbocycles. The molecule has 4 N–H and O–H groups in total. The van der Waals surface area contributed by atoms with E-state index in [1.165, 1.54) is 6.07 Å². The third-order valence-corrected chi connectivity index (χ3v) is 5.47. The topological polar surface area (TPSA) is 52.0 Å². The molecule has 0 aliphatic heterocycles. The zero-order chi connectivity index (χ0) is 15.2. The van der Waals surface area contributed by atoms with E-state index in [0.717, 1.165) is 0 Å². The summed E-state index contributed by atoms with van der Waals surface area (Å²) in [5, 5.41) is 0.0527. The summed E-state index contributed by atoms with van der Waals surface area (Å²) in [4.78, 5) is 0. The van der Waals surface area contributed by atoms with Gasteiger partial charge in [0.1, 0.15) is 0 Å². The van der Waals surface area contributed by atoms with Crippen molar-refractivity contribution < 1.29 is 0 Å². The van der Waals surface area contributed by atoms with E-state index in [0.29, 0.717) is 26.9 Å². The number of nitrogens with two attached hydrogens (primary N) is 2. The summed E-state index contributed by atoms with van der Waals surface area (Å²) in [5.74, 6) is 0. The number of hydrogen-bond donors (Lipinski definition) is 2. The minimum atomic E-state index is -1.54. The summed E-state index contributed by atoms with van der Waals surface area (Å²) >= 11 is 36.8. The molecule has 0 aromatic heterocycles. The van der Waals surface area contributed by atoms with Crippen LogP contribution in [0.3, 0.4) is 0 Å².